The molecule has 0 radical (unpaired) electrons. The van der Waals surface area contributed by atoms with Crippen molar-refractivity contribution >= 4 is 17.8 Å². The molecule has 152 valence electrons. The molecular weight excluding hydrogens is 370 g/mol. The summed E-state index contributed by atoms with van der Waals surface area (Å²) in [7, 11) is 0. The smallest absolute Gasteiger partial charge is 0.325 e. The molecule has 1 unspecified atom stereocenters. The van der Waals surface area contributed by atoms with Crippen molar-refractivity contribution in [2.24, 2.45) is 5.92 Å². The van der Waals surface area contributed by atoms with Gasteiger partial charge in [0.25, 0.3) is 5.91 Å². The molecule has 1 spiro atoms. The summed E-state index contributed by atoms with van der Waals surface area (Å²) in [5.41, 5.74) is 0.00900. The third kappa shape index (κ3) is 3.77. The molecule has 4 amide bonds. The number of carbonyl (C=O) groups is 3. The van der Waals surface area contributed by atoms with Crippen LogP contribution in [0.5, 0.6) is 0 Å². The van der Waals surface area contributed by atoms with Crippen molar-refractivity contribution in [3.63, 3.8) is 0 Å². The topological polar surface area (TPSA) is 91.7 Å². The van der Waals surface area contributed by atoms with E-state index in [-0.39, 0.29) is 12.5 Å². The summed E-state index contributed by atoms with van der Waals surface area (Å²) in [6.07, 6.45) is 4.57. The maximum absolute atomic E-state index is 13.0. The van der Waals surface area contributed by atoms with Crippen molar-refractivity contribution in [3.05, 3.63) is 60.1 Å². The van der Waals surface area contributed by atoms with Gasteiger partial charge in [-0.15, -0.1) is 0 Å². The Kier molecular flexibility index (Phi) is 5.13. The van der Waals surface area contributed by atoms with Gasteiger partial charge in [0.15, 0.2) is 0 Å². The minimum atomic E-state index is -0.844. The lowest BCUT2D eigenvalue weighted by molar-refractivity contribution is -0.136. The van der Waals surface area contributed by atoms with Gasteiger partial charge in [-0.3, -0.25) is 14.5 Å². The number of rotatable bonds is 5. The Morgan fingerprint density at radius 3 is 2.59 bits per heavy atom. The second kappa shape index (κ2) is 7.73. The second-order valence-corrected chi connectivity index (χ2v) is 8.01. The van der Waals surface area contributed by atoms with Crippen LogP contribution >= 0.6 is 0 Å². The van der Waals surface area contributed by atoms with Crippen molar-refractivity contribution in [1.82, 2.24) is 15.5 Å². The molecule has 1 aliphatic heterocycles. The van der Waals surface area contributed by atoms with E-state index in [1.807, 2.05) is 30.3 Å². The van der Waals surface area contributed by atoms with Crippen molar-refractivity contribution in [1.29, 1.82) is 0 Å². The standard InChI is InChI=1S/C22H25N3O4/c1-15-9-11-22(12-10-15)20(27)25(21(28)24-22)14-18(26)23-19(17-8-5-13-29-17)16-6-3-2-4-7-16/h2-8,13,15,19H,9-12,14H2,1H3,(H,23,26)(H,24,28). The monoisotopic (exact) mass is 395 g/mol. The molecule has 1 saturated carbocycles. The molecule has 1 aromatic carbocycles. The number of nitrogens with zero attached hydrogens (tertiary/aromatic N) is 1. The molecule has 7 nitrogen and oxygen atoms in total. The molecule has 2 aliphatic rings. The SMILES string of the molecule is CC1CCC2(CC1)NC(=O)N(CC(=O)NC(c1ccccc1)c1ccco1)C2=O. The van der Waals surface area contributed by atoms with E-state index < -0.39 is 23.5 Å². The zero-order valence-corrected chi connectivity index (χ0v) is 16.4. The van der Waals surface area contributed by atoms with Crippen LogP contribution in [0.1, 0.15) is 50.0 Å². The Hall–Kier alpha value is -3.09. The molecule has 2 aromatic rings. The highest BCUT2D eigenvalue weighted by Gasteiger charge is 2.52. The highest BCUT2D eigenvalue weighted by molar-refractivity contribution is 6.09. The maximum atomic E-state index is 13.0. The zero-order valence-electron chi connectivity index (χ0n) is 16.4. The molecule has 1 aromatic heterocycles. The lowest BCUT2D eigenvalue weighted by atomic mass is 9.77. The molecule has 1 aliphatic carbocycles. The number of hydrogen-bond donors (Lipinski definition) is 2. The van der Waals surface area contributed by atoms with Gasteiger partial charge in [-0.1, -0.05) is 37.3 Å². The number of nitrogens with one attached hydrogen (secondary N) is 2. The van der Waals surface area contributed by atoms with Crippen molar-refractivity contribution in [2.45, 2.75) is 44.2 Å². The summed E-state index contributed by atoms with van der Waals surface area (Å²) >= 11 is 0. The second-order valence-electron chi connectivity index (χ2n) is 8.01. The Balaban J connectivity index is 1.47. The molecule has 29 heavy (non-hydrogen) atoms. The molecule has 2 N–H and O–H groups in total. The summed E-state index contributed by atoms with van der Waals surface area (Å²) in [5, 5.41) is 5.74. The maximum Gasteiger partial charge on any atom is 0.325 e. The Morgan fingerprint density at radius 2 is 1.93 bits per heavy atom. The highest BCUT2D eigenvalue weighted by Crippen LogP contribution is 2.36. The molecule has 2 heterocycles. The highest BCUT2D eigenvalue weighted by atomic mass is 16.3. The lowest BCUT2D eigenvalue weighted by Crippen LogP contribution is -2.50. The van der Waals surface area contributed by atoms with E-state index in [2.05, 4.69) is 17.6 Å². The zero-order chi connectivity index (χ0) is 20.4. The summed E-state index contributed by atoms with van der Waals surface area (Å²) < 4.78 is 5.49. The quantitative estimate of drug-likeness (QED) is 0.762. The van der Waals surface area contributed by atoms with Gasteiger partial charge in [0.1, 0.15) is 23.9 Å². The fourth-order valence-electron chi connectivity index (χ4n) is 4.18. The van der Waals surface area contributed by atoms with Crippen molar-refractivity contribution in [3.8, 4) is 0 Å². The largest absolute Gasteiger partial charge is 0.467 e. The first kappa shape index (κ1) is 19.2. The van der Waals surface area contributed by atoms with Crippen molar-refractivity contribution < 1.29 is 18.8 Å². The molecule has 0 bridgehead atoms. The summed E-state index contributed by atoms with van der Waals surface area (Å²) in [5.74, 6) is 0.417. The van der Waals surface area contributed by atoms with Crippen LogP contribution in [0.25, 0.3) is 0 Å². The van der Waals surface area contributed by atoms with E-state index in [4.69, 9.17) is 4.42 Å². The predicted molar refractivity (Wildman–Crippen MR) is 106 cm³/mol. The van der Waals surface area contributed by atoms with Crippen LogP contribution < -0.4 is 10.6 Å². The molecular formula is C22H25N3O4. The van der Waals surface area contributed by atoms with Gasteiger partial charge < -0.3 is 15.1 Å². The van der Waals surface area contributed by atoms with Crippen LogP contribution in [0.2, 0.25) is 0 Å². The van der Waals surface area contributed by atoms with Gasteiger partial charge in [0.2, 0.25) is 5.91 Å². The van der Waals surface area contributed by atoms with Gasteiger partial charge in [-0.2, -0.15) is 0 Å². The van der Waals surface area contributed by atoms with Gasteiger partial charge in [0.05, 0.1) is 6.26 Å². The summed E-state index contributed by atoms with van der Waals surface area (Å²) in [6, 6.07) is 12.0. The van der Waals surface area contributed by atoms with Gasteiger partial charge in [-0.25, -0.2) is 4.79 Å². The molecule has 7 heteroatoms. The van der Waals surface area contributed by atoms with E-state index in [0.717, 1.165) is 23.3 Å². The normalized spacial score (nSPS) is 25.1. The van der Waals surface area contributed by atoms with Crippen LogP contribution in [0.4, 0.5) is 4.79 Å². The fourth-order valence-corrected chi connectivity index (χ4v) is 4.18. The fraction of sp³-hybridized carbons (Fsp3) is 0.409. The Morgan fingerprint density at radius 1 is 1.21 bits per heavy atom. The van der Waals surface area contributed by atoms with Crippen molar-refractivity contribution in [2.75, 3.05) is 6.54 Å². The number of imide groups is 1. The Labute approximate surface area is 169 Å². The number of furan rings is 1. The van der Waals surface area contributed by atoms with Crippen LogP contribution in [-0.4, -0.2) is 34.8 Å². The number of amides is 4. The number of hydrogen-bond acceptors (Lipinski definition) is 4. The van der Waals surface area contributed by atoms with Crippen LogP contribution in [0, 0.1) is 5.92 Å². The Bertz CT molecular complexity index is 886. The van der Waals surface area contributed by atoms with Gasteiger partial charge in [-0.05, 0) is 49.3 Å². The minimum Gasteiger partial charge on any atom is -0.467 e. The number of urea groups is 1. The van der Waals surface area contributed by atoms with E-state index in [1.165, 1.54) is 0 Å². The molecule has 1 atom stereocenters. The van der Waals surface area contributed by atoms with E-state index in [1.54, 1.807) is 18.4 Å². The summed E-state index contributed by atoms with van der Waals surface area (Å²) in [6.45, 7) is 1.84. The third-order valence-electron chi connectivity index (χ3n) is 5.94. The minimum absolute atomic E-state index is 0.293. The van der Waals surface area contributed by atoms with Gasteiger partial charge >= 0.3 is 6.03 Å². The number of benzene rings is 1. The average molecular weight is 395 g/mol. The molecule has 4 rings (SSSR count). The average Bonchev–Trinajstić information content (AvgIpc) is 3.33. The van der Waals surface area contributed by atoms with E-state index in [9.17, 15) is 14.4 Å². The first-order valence-corrected chi connectivity index (χ1v) is 10.0. The predicted octanol–water partition coefficient (Wildman–Crippen LogP) is 2.99. The van der Waals surface area contributed by atoms with E-state index in [0.29, 0.717) is 24.5 Å². The molecule has 2 fully saturated rings. The molecule has 1 saturated heterocycles. The third-order valence-corrected chi connectivity index (χ3v) is 5.94. The van der Waals surface area contributed by atoms with Crippen LogP contribution in [-0.2, 0) is 9.59 Å². The van der Waals surface area contributed by atoms with Crippen LogP contribution in [0.15, 0.2) is 53.1 Å². The van der Waals surface area contributed by atoms with Gasteiger partial charge in [0, 0.05) is 0 Å². The van der Waals surface area contributed by atoms with Crippen LogP contribution in [0.3, 0.4) is 0 Å². The number of carbonyl (C=O) groups excluding carboxylic acids is 3. The van der Waals surface area contributed by atoms with E-state index >= 15 is 0 Å². The summed E-state index contributed by atoms with van der Waals surface area (Å²) in [4.78, 5) is 39.2. The first-order valence-electron chi connectivity index (χ1n) is 10.0. The lowest BCUT2D eigenvalue weighted by Gasteiger charge is -2.33. The first-order chi connectivity index (χ1) is 14.0.